The van der Waals surface area contributed by atoms with Crippen LogP contribution in [0.5, 0.6) is 0 Å². The van der Waals surface area contributed by atoms with Crippen LogP contribution < -0.4 is 0 Å². The maximum absolute atomic E-state index is 11.2. The summed E-state index contributed by atoms with van der Waals surface area (Å²) < 4.78 is 4.63. The quantitative estimate of drug-likeness (QED) is 0.474. The van der Waals surface area contributed by atoms with Crippen molar-refractivity contribution >= 4 is 35.1 Å². The van der Waals surface area contributed by atoms with Crippen molar-refractivity contribution in [1.29, 1.82) is 0 Å². The Kier molecular flexibility index (Phi) is 2.37. The number of allylic oxidation sites excluding steroid dienone is 2. The normalized spacial score (nSPS) is 30.3. The van der Waals surface area contributed by atoms with Gasteiger partial charge in [-0.15, -0.1) is 0 Å². The highest BCUT2D eigenvalue weighted by Crippen LogP contribution is 2.37. The van der Waals surface area contributed by atoms with Crippen LogP contribution in [0, 0.1) is 11.8 Å². The summed E-state index contributed by atoms with van der Waals surface area (Å²) in [6.07, 6.45) is 3.64. The third kappa shape index (κ3) is 1.47. The van der Waals surface area contributed by atoms with Gasteiger partial charge in [0.05, 0.1) is 11.8 Å². The first-order chi connectivity index (χ1) is 6.59. The molecule has 0 amide bonds. The van der Waals surface area contributed by atoms with Gasteiger partial charge in [0.25, 0.3) is 0 Å². The van der Waals surface area contributed by atoms with Crippen molar-refractivity contribution in [3.63, 3.8) is 0 Å². The van der Waals surface area contributed by atoms with Gasteiger partial charge in [0.2, 0.25) is 0 Å². The second kappa shape index (κ2) is 3.41. The number of hydrogen-bond acceptors (Lipinski definition) is 3. The van der Waals surface area contributed by atoms with Crippen LogP contribution in [0.25, 0.3) is 0 Å². The molecule has 3 nitrogen and oxygen atoms in total. The Morgan fingerprint density at radius 1 is 1.36 bits per heavy atom. The Balaban J connectivity index is 2.34. The third-order valence-corrected chi connectivity index (χ3v) is 2.88. The van der Waals surface area contributed by atoms with E-state index in [1.807, 2.05) is 0 Å². The van der Waals surface area contributed by atoms with Crippen LogP contribution in [0.4, 0.5) is 0 Å². The Bertz CT molecular complexity index is 366. The maximum atomic E-state index is 11.2. The lowest BCUT2D eigenvalue weighted by atomic mass is 9.84. The molecule has 74 valence electrons. The van der Waals surface area contributed by atoms with E-state index in [1.165, 1.54) is 0 Å². The van der Waals surface area contributed by atoms with Gasteiger partial charge in [-0.2, -0.15) is 0 Å². The summed E-state index contributed by atoms with van der Waals surface area (Å²) in [6.45, 7) is 0. The molecule has 2 atom stereocenters. The zero-order valence-electron chi connectivity index (χ0n) is 7.00. The number of cyclic esters (lactones) is 2. The van der Waals surface area contributed by atoms with Gasteiger partial charge in [-0.05, 0) is 12.0 Å². The van der Waals surface area contributed by atoms with Gasteiger partial charge in [0.15, 0.2) is 0 Å². The lowest BCUT2D eigenvalue weighted by Gasteiger charge is -2.15. The van der Waals surface area contributed by atoms with Gasteiger partial charge in [0, 0.05) is 0 Å². The van der Waals surface area contributed by atoms with Crippen LogP contribution in [-0.2, 0) is 14.3 Å². The fourth-order valence-corrected chi connectivity index (χ4v) is 1.92. The number of hydrogen-bond donors (Lipinski definition) is 0. The van der Waals surface area contributed by atoms with Crippen molar-refractivity contribution in [2.75, 3.05) is 0 Å². The van der Waals surface area contributed by atoms with E-state index in [4.69, 9.17) is 23.2 Å². The molecule has 0 spiro atoms. The number of fused-ring (bicyclic) bond motifs is 1. The highest BCUT2D eigenvalue weighted by atomic mass is 35.5. The number of esters is 2. The zero-order chi connectivity index (χ0) is 10.3. The Morgan fingerprint density at radius 2 is 2.07 bits per heavy atom. The van der Waals surface area contributed by atoms with E-state index in [0.29, 0.717) is 12.0 Å². The average molecular weight is 233 g/mol. The second-order valence-corrected chi connectivity index (χ2v) is 4.17. The topological polar surface area (TPSA) is 43.4 Å². The first kappa shape index (κ1) is 9.74. The van der Waals surface area contributed by atoms with Crippen molar-refractivity contribution < 1.29 is 14.3 Å². The number of carbonyl (C=O) groups is 2. The number of rotatable bonds is 0. The van der Waals surface area contributed by atoms with Gasteiger partial charge >= 0.3 is 11.9 Å². The van der Waals surface area contributed by atoms with Gasteiger partial charge in [0.1, 0.15) is 4.49 Å². The van der Waals surface area contributed by atoms with Crippen LogP contribution in [-0.4, -0.2) is 11.9 Å². The molecule has 2 unspecified atom stereocenters. The SMILES string of the molecule is O=C1OC(=O)C2CC(=C(Cl)Cl)C=CC12. The van der Waals surface area contributed by atoms with Crippen molar-refractivity contribution in [2.45, 2.75) is 6.42 Å². The summed E-state index contributed by atoms with van der Waals surface area (Å²) >= 11 is 11.2. The van der Waals surface area contributed by atoms with Crippen molar-refractivity contribution in [1.82, 2.24) is 0 Å². The lowest BCUT2D eigenvalue weighted by Crippen LogP contribution is -2.19. The molecule has 2 aliphatic rings. The van der Waals surface area contributed by atoms with Gasteiger partial charge in [-0.25, -0.2) is 0 Å². The summed E-state index contributed by atoms with van der Waals surface area (Å²) in [5.41, 5.74) is 0.668. The van der Waals surface area contributed by atoms with Gasteiger partial charge in [-0.1, -0.05) is 35.4 Å². The Hall–Kier alpha value is -0.800. The van der Waals surface area contributed by atoms with E-state index in [2.05, 4.69) is 4.74 Å². The molecule has 0 radical (unpaired) electrons. The fraction of sp³-hybridized carbons (Fsp3) is 0.333. The summed E-state index contributed by atoms with van der Waals surface area (Å²) in [4.78, 5) is 22.3. The van der Waals surface area contributed by atoms with E-state index in [-0.39, 0.29) is 4.49 Å². The molecule has 0 bridgehead atoms. The smallest absolute Gasteiger partial charge is 0.321 e. The zero-order valence-corrected chi connectivity index (χ0v) is 8.51. The molecule has 0 aromatic heterocycles. The van der Waals surface area contributed by atoms with Crippen LogP contribution >= 0.6 is 23.2 Å². The van der Waals surface area contributed by atoms with E-state index in [1.54, 1.807) is 12.2 Å². The second-order valence-electron chi connectivity index (χ2n) is 3.22. The minimum Gasteiger partial charge on any atom is -0.392 e. The average Bonchev–Trinajstić information content (AvgIpc) is 2.42. The standard InChI is InChI=1S/C9H6Cl2O3/c10-7(11)4-1-2-5-6(3-4)9(13)14-8(5)12/h1-2,5-6H,3H2. The van der Waals surface area contributed by atoms with E-state index < -0.39 is 23.8 Å². The molecular weight excluding hydrogens is 227 g/mol. The first-order valence-electron chi connectivity index (χ1n) is 4.07. The highest BCUT2D eigenvalue weighted by molar-refractivity contribution is 6.56. The van der Waals surface area contributed by atoms with Crippen LogP contribution in [0.2, 0.25) is 0 Å². The van der Waals surface area contributed by atoms with E-state index in [0.717, 1.165) is 0 Å². The van der Waals surface area contributed by atoms with Crippen LogP contribution in [0.3, 0.4) is 0 Å². The molecule has 0 aromatic carbocycles. The summed E-state index contributed by atoms with van der Waals surface area (Å²) in [6, 6.07) is 0. The minimum atomic E-state index is -0.489. The molecule has 0 N–H and O–H groups in total. The first-order valence-corrected chi connectivity index (χ1v) is 4.83. The molecule has 2 rings (SSSR count). The van der Waals surface area contributed by atoms with Crippen molar-refractivity contribution in [3.8, 4) is 0 Å². The summed E-state index contributed by atoms with van der Waals surface area (Å²) in [7, 11) is 0. The van der Waals surface area contributed by atoms with Gasteiger partial charge < -0.3 is 4.74 Å². The largest absolute Gasteiger partial charge is 0.392 e. The molecule has 5 heteroatoms. The molecule has 14 heavy (non-hydrogen) atoms. The van der Waals surface area contributed by atoms with E-state index >= 15 is 0 Å². The van der Waals surface area contributed by atoms with Crippen molar-refractivity contribution in [2.24, 2.45) is 11.8 Å². The van der Waals surface area contributed by atoms with E-state index in [9.17, 15) is 9.59 Å². The number of halogens is 2. The Morgan fingerprint density at radius 3 is 2.71 bits per heavy atom. The maximum Gasteiger partial charge on any atom is 0.321 e. The van der Waals surface area contributed by atoms with Gasteiger partial charge in [-0.3, -0.25) is 9.59 Å². The minimum absolute atomic E-state index is 0.131. The Labute approximate surface area is 90.3 Å². The molecule has 1 saturated heterocycles. The van der Waals surface area contributed by atoms with Crippen LogP contribution in [0.15, 0.2) is 22.2 Å². The molecule has 0 saturated carbocycles. The highest BCUT2D eigenvalue weighted by Gasteiger charge is 2.44. The summed E-state index contributed by atoms with van der Waals surface area (Å²) in [5.74, 6) is -1.88. The lowest BCUT2D eigenvalue weighted by molar-refractivity contribution is -0.153. The third-order valence-electron chi connectivity index (χ3n) is 2.40. The molecule has 0 aromatic rings. The van der Waals surface area contributed by atoms with Crippen molar-refractivity contribution in [3.05, 3.63) is 22.2 Å². The molecule has 1 aliphatic heterocycles. The molecule has 1 heterocycles. The number of carbonyl (C=O) groups excluding carboxylic acids is 2. The molecule has 1 fully saturated rings. The predicted octanol–water partition coefficient (Wildman–Crippen LogP) is 1.95. The monoisotopic (exact) mass is 232 g/mol. The predicted molar refractivity (Wildman–Crippen MR) is 50.6 cm³/mol. The summed E-state index contributed by atoms with van der Waals surface area (Å²) in [5, 5.41) is 0. The fourth-order valence-electron chi connectivity index (χ4n) is 1.64. The van der Waals surface area contributed by atoms with Crippen LogP contribution in [0.1, 0.15) is 6.42 Å². The number of ether oxygens (including phenoxy) is 1. The molecule has 1 aliphatic carbocycles. The molecular formula is C9H6Cl2O3.